The van der Waals surface area contributed by atoms with Crippen LogP contribution in [0.2, 0.25) is 0 Å². The predicted octanol–water partition coefficient (Wildman–Crippen LogP) is 2.81. The van der Waals surface area contributed by atoms with Gasteiger partial charge in [-0.05, 0) is 41.8 Å². The number of methoxy groups -OCH3 is 2. The number of anilines is 2. The zero-order valence-electron chi connectivity index (χ0n) is 16.9. The Morgan fingerprint density at radius 3 is 2.10 bits per heavy atom. The number of rotatable bonds is 6. The largest absolute Gasteiger partial charge is 0.497 e. The summed E-state index contributed by atoms with van der Waals surface area (Å²) >= 11 is 0. The van der Waals surface area contributed by atoms with Gasteiger partial charge in [-0.3, -0.25) is 4.72 Å². The van der Waals surface area contributed by atoms with Crippen LogP contribution in [-0.4, -0.2) is 43.7 Å². The fourth-order valence-corrected chi connectivity index (χ4v) is 3.96. The monoisotopic (exact) mass is 429 g/mol. The van der Waals surface area contributed by atoms with Crippen molar-refractivity contribution in [2.75, 3.05) is 30.5 Å². The van der Waals surface area contributed by atoms with Gasteiger partial charge in [0, 0.05) is 0 Å². The van der Waals surface area contributed by atoms with Crippen molar-refractivity contribution in [3.05, 3.63) is 59.7 Å². The summed E-state index contributed by atoms with van der Waals surface area (Å²) in [5.41, 5.74) is 2.09. The van der Waals surface area contributed by atoms with Gasteiger partial charge >= 0.3 is 0 Å². The second kappa shape index (κ2) is 7.86. The predicted molar refractivity (Wildman–Crippen MR) is 114 cm³/mol. The number of benzene rings is 2. The molecule has 0 saturated carbocycles. The molecule has 1 aliphatic rings. The molecule has 9 nitrogen and oxygen atoms in total. The van der Waals surface area contributed by atoms with Gasteiger partial charge in [0.05, 0.1) is 32.6 Å². The summed E-state index contributed by atoms with van der Waals surface area (Å²) in [5.74, 6) is 2.07. The maximum absolute atomic E-state index is 11.6. The van der Waals surface area contributed by atoms with Crippen molar-refractivity contribution < 1.29 is 17.9 Å². The van der Waals surface area contributed by atoms with Crippen LogP contribution >= 0.6 is 0 Å². The molecule has 0 spiro atoms. The second-order valence-corrected chi connectivity index (χ2v) is 8.82. The van der Waals surface area contributed by atoms with Crippen LogP contribution in [0.4, 0.5) is 11.9 Å². The fraction of sp³-hybridized carbons (Fsp3) is 0.300. The van der Waals surface area contributed by atoms with Gasteiger partial charge in [-0.25, -0.2) is 13.1 Å². The Morgan fingerprint density at radius 2 is 1.57 bits per heavy atom. The molecule has 0 unspecified atom stereocenters. The molecule has 0 aliphatic carbocycles. The lowest BCUT2D eigenvalue weighted by molar-refractivity contribution is 0.410. The molecule has 0 bridgehead atoms. The summed E-state index contributed by atoms with van der Waals surface area (Å²) in [6.07, 6.45) is 1.77. The third kappa shape index (κ3) is 4.18. The van der Waals surface area contributed by atoms with E-state index in [1.54, 1.807) is 18.9 Å². The van der Waals surface area contributed by atoms with Gasteiger partial charge in [-0.2, -0.15) is 4.98 Å². The smallest absolute Gasteiger partial charge is 0.257 e. The van der Waals surface area contributed by atoms with Gasteiger partial charge < -0.3 is 14.8 Å². The maximum atomic E-state index is 11.6. The molecule has 2 atom stereocenters. The highest BCUT2D eigenvalue weighted by molar-refractivity contribution is 7.91. The third-order valence-corrected chi connectivity index (χ3v) is 5.54. The number of ether oxygens (including phenoxy) is 2. The molecule has 30 heavy (non-hydrogen) atoms. The van der Waals surface area contributed by atoms with E-state index in [4.69, 9.17) is 9.47 Å². The molecule has 10 heteroatoms. The van der Waals surface area contributed by atoms with Gasteiger partial charge in [0.2, 0.25) is 16.0 Å². The number of hydrogen-bond donors (Lipinski definition) is 2. The number of hydrogen-bond acceptors (Lipinski definition) is 7. The Hall–Kier alpha value is -3.27. The number of nitrogens with zero attached hydrogens (tertiary/aromatic N) is 3. The van der Waals surface area contributed by atoms with Gasteiger partial charge in [-0.15, -0.1) is 5.10 Å². The topological polar surface area (TPSA) is 107 Å². The van der Waals surface area contributed by atoms with Crippen molar-refractivity contribution in [3.8, 4) is 11.5 Å². The molecule has 0 radical (unpaired) electrons. The first-order valence-electron chi connectivity index (χ1n) is 9.35. The Labute approximate surface area is 175 Å². The molecule has 2 aromatic carbocycles. The van der Waals surface area contributed by atoms with E-state index < -0.39 is 10.0 Å². The molecule has 1 aliphatic heterocycles. The first-order valence-corrected chi connectivity index (χ1v) is 11.2. The first kappa shape index (κ1) is 20.0. The highest BCUT2D eigenvalue weighted by Crippen LogP contribution is 2.39. The van der Waals surface area contributed by atoms with E-state index >= 15 is 0 Å². The van der Waals surface area contributed by atoms with Crippen molar-refractivity contribution in [1.29, 1.82) is 0 Å². The van der Waals surface area contributed by atoms with Crippen LogP contribution in [0.15, 0.2) is 48.5 Å². The quantitative estimate of drug-likeness (QED) is 0.620. The normalized spacial score (nSPS) is 18.2. The van der Waals surface area contributed by atoms with E-state index in [1.165, 1.54) is 0 Å². The SMILES string of the molecule is COc1ccc([C@@H]2C[C@H](c3ccc(OC)cc3)n3nc(NS(C)(=O)=O)nc3N2)cc1. The second-order valence-electron chi connectivity index (χ2n) is 7.07. The lowest BCUT2D eigenvalue weighted by Gasteiger charge is -2.31. The average molecular weight is 430 g/mol. The summed E-state index contributed by atoms with van der Waals surface area (Å²) in [7, 11) is -0.233. The highest BCUT2D eigenvalue weighted by Gasteiger charge is 2.31. The van der Waals surface area contributed by atoms with E-state index in [9.17, 15) is 8.42 Å². The van der Waals surface area contributed by atoms with Gasteiger partial charge in [0.25, 0.3) is 5.95 Å². The Balaban J connectivity index is 1.72. The summed E-state index contributed by atoms with van der Waals surface area (Å²) in [5, 5.41) is 7.76. The summed E-state index contributed by atoms with van der Waals surface area (Å²) in [4.78, 5) is 4.36. The van der Waals surface area contributed by atoms with Crippen molar-refractivity contribution in [3.63, 3.8) is 0 Å². The van der Waals surface area contributed by atoms with Gasteiger partial charge in [0.15, 0.2) is 0 Å². The summed E-state index contributed by atoms with van der Waals surface area (Å²) in [6, 6.07) is 15.4. The number of nitrogens with one attached hydrogen (secondary N) is 2. The molecule has 4 rings (SSSR count). The minimum absolute atomic E-state index is 0.0360. The van der Waals surface area contributed by atoms with Crippen molar-refractivity contribution in [2.45, 2.75) is 18.5 Å². The Kier molecular flexibility index (Phi) is 5.25. The van der Waals surface area contributed by atoms with Crippen molar-refractivity contribution in [2.24, 2.45) is 0 Å². The molecular weight excluding hydrogens is 406 g/mol. The molecule has 1 aromatic heterocycles. The van der Waals surface area contributed by atoms with E-state index in [2.05, 4.69) is 20.1 Å². The van der Waals surface area contributed by atoms with Crippen LogP contribution in [0.1, 0.15) is 29.6 Å². The van der Waals surface area contributed by atoms with Gasteiger partial charge in [-0.1, -0.05) is 24.3 Å². The van der Waals surface area contributed by atoms with E-state index in [0.29, 0.717) is 12.4 Å². The minimum Gasteiger partial charge on any atom is -0.497 e. The maximum Gasteiger partial charge on any atom is 0.257 e. The molecule has 158 valence electrons. The van der Waals surface area contributed by atoms with E-state index in [0.717, 1.165) is 28.9 Å². The van der Waals surface area contributed by atoms with Crippen LogP contribution in [0, 0.1) is 0 Å². The average Bonchev–Trinajstić information content (AvgIpc) is 3.13. The van der Waals surface area contributed by atoms with Crippen LogP contribution in [0.25, 0.3) is 0 Å². The molecule has 2 heterocycles. The molecule has 0 amide bonds. The van der Waals surface area contributed by atoms with Gasteiger partial charge in [0.1, 0.15) is 11.5 Å². The van der Waals surface area contributed by atoms with Crippen LogP contribution in [-0.2, 0) is 10.0 Å². The molecular formula is C20H23N5O4S. The number of fused-ring (bicyclic) bond motifs is 1. The fourth-order valence-electron chi connectivity index (χ4n) is 3.54. The Bertz CT molecular complexity index is 1130. The number of aromatic nitrogens is 3. The third-order valence-electron chi connectivity index (χ3n) is 4.98. The first-order chi connectivity index (χ1) is 14.4. The minimum atomic E-state index is -3.49. The lowest BCUT2D eigenvalue weighted by atomic mass is 9.93. The number of sulfonamides is 1. The summed E-state index contributed by atoms with van der Waals surface area (Å²) < 4.78 is 37.9. The van der Waals surface area contributed by atoms with Crippen LogP contribution < -0.4 is 19.5 Å². The molecule has 2 N–H and O–H groups in total. The Morgan fingerprint density at radius 1 is 1.00 bits per heavy atom. The zero-order valence-corrected chi connectivity index (χ0v) is 17.7. The van der Waals surface area contributed by atoms with Crippen molar-refractivity contribution >= 4 is 21.9 Å². The lowest BCUT2D eigenvalue weighted by Crippen LogP contribution is -2.28. The highest BCUT2D eigenvalue weighted by atomic mass is 32.2. The van der Waals surface area contributed by atoms with E-state index in [1.807, 2.05) is 48.5 Å². The van der Waals surface area contributed by atoms with Crippen molar-refractivity contribution in [1.82, 2.24) is 14.8 Å². The zero-order chi connectivity index (χ0) is 21.3. The summed E-state index contributed by atoms with van der Waals surface area (Å²) in [6.45, 7) is 0. The van der Waals surface area contributed by atoms with Crippen LogP contribution in [0.3, 0.4) is 0 Å². The molecule has 0 fully saturated rings. The van der Waals surface area contributed by atoms with Crippen LogP contribution in [0.5, 0.6) is 11.5 Å². The standard InChI is InChI=1S/C20H23N5O4S/c1-28-15-8-4-13(5-9-15)17-12-18(14-6-10-16(29-2)11-7-14)25-20(21-17)22-19(23-25)24-30(3,26)27/h4-11,17-18H,12H2,1-3H3,(H2,21,22,23,24)/t17-,18+/m0/s1. The van der Waals surface area contributed by atoms with E-state index in [-0.39, 0.29) is 18.0 Å². The molecule has 3 aromatic rings. The molecule has 0 saturated heterocycles.